The summed E-state index contributed by atoms with van der Waals surface area (Å²) in [6.45, 7) is 2.59. The van der Waals surface area contributed by atoms with Gasteiger partial charge in [0.1, 0.15) is 11.6 Å². The van der Waals surface area contributed by atoms with E-state index in [4.69, 9.17) is 4.74 Å². The molecule has 2 heterocycles. The molecule has 0 bridgehead atoms. The summed E-state index contributed by atoms with van der Waals surface area (Å²) in [5, 5.41) is 6.31. The first-order chi connectivity index (χ1) is 10.1. The molecule has 0 aliphatic carbocycles. The van der Waals surface area contributed by atoms with Gasteiger partial charge in [0.2, 0.25) is 9.84 Å². The van der Waals surface area contributed by atoms with E-state index in [1.165, 1.54) is 0 Å². The summed E-state index contributed by atoms with van der Waals surface area (Å²) in [6.07, 6.45) is 1.97. The van der Waals surface area contributed by atoms with Crippen LogP contribution in [0.2, 0.25) is 0 Å². The number of sulfone groups is 1. The van der Waals surface area contributed by atoms with Crippen LogP contribution >= 0.6 is 0 Å². The van der Waals surface area contributed by atoms with Gasteiger partial charge < -0.3 is 4.74 Å². The number of aromatic amines is 1. The number of fused-ring (bicyclic) bond motifs is 1. The Morgan fingerprint density at radius 1 is 1.38 bits per heavy atom. The lowest BCUT2D eigenvalue weighted by molar-refractivity contribution is 0.357. The maximum absolute atomic E-state index is 12.2. The van der Waals surface area contributed by atoms with Crippen molar-refractivity contribution in [3.63, 3.8) is 0 Å². The van der Waals surface area contributed by atoms with Gasteiger partial charge in [0.15, 0.2) is 0 Å². The highest BCUT2D eigenvalue weighted by Crippen LogP contribution is 2.26. The Kier molecular flexibility index (Phi) is 3.67. The van der Waals surface area contributed by atoms with Crippen molar-refractivity contribution in [2.24, 2.45) is 0 Å². The third-order valence-electron chi connectivity index (χ3n) is 3.54. The SMILES string of the molecule is CCc1nc(S(=O)(=O)CCc2ccc3c(c2)CCO3)n[nH]1. The normalized spacial score (nSPS) is 14.0. The monoisotopic (exact) mass is 307 g/mol. The van der Waals surface area contributed by atoms with Crippen LogP contribution in [0.25, 0.3) is 0 Å². The Hall–Kier alpha value is -1.89. The molecule has 0 saturated heterocycles. The fourth-order valence-corrected chi connectivity index (χ4v) is 3.43. The van der Waals surface area contributed by atoms with Crippen molar-refractivity contribution >= 4 is 9.84 Å². The quantitative estimate of drug-likeness (QED) is 0.900. The minimum absolute atomic E-state index is 0.00759. The van der Waals surface area contributed by atoms with E-state index in [1.54, 1.807) is 0 Å². The Labute approximate surface area is 123 Å². The predicted octanol–water partition coefficient (Wildman–Crippen LogP) is 1.32. The lowest BCUT2D eigenvalue weighted by Crippen LogP contribution is -2.11. The van der Waals surface area contributed by atoms with Crippen LogP contribution in [0, 0.1) is 0 Å². The van der Waals surface area contributed by atoms with Gasteiger partial charge >= 0.3 is 0 Å². The van der Waals surface area contributed by atoms with E-state index < -0.39 is 9.84 Å². The average molecular weight is 307 g/mol. The molecule has 0 amide bonds. The van der Waals surface area contributed by atoms with E-state index >= 15 is 0 Å². The number of nitrogens with zero attached hydrogens (tertiary/aromatic N) is 2. The van der Waals surface area contributed by atoms with Crippen LogP contribution < -0.4 is 4.74 Å². The number of hydrogen-bond donors (Lipinski definition) is 1. The molecule has 0 fully saturated rings. The Balaban J connectivity index is 1.71. The summed E-state index contributed by atoms with van der Waals surface area (Å²) in [5.41, 5.74) is 2.14. The fraction of sp³-hybridized carbons (Fsp3) is 0.429. The van der Waals surface area contributed by atoms with Crippen LogP contribution in [-0.2, 0) is 29.1 Å². The third-order valence-corrected chi connectivity index (χ3v) is 5.02. The number of hydrogen-bond acceptors (Lipinski definition) is 5. The van der Waals surface area contributed by atoms with E-state index in [2.05, 4.69) is 15.2 Å². The van der Waals surface area contributed by atoms with Gasteiger partial charge in [-0.1, -0.05) is 19.1 Å². The van der Waals surface area contributed by atoms with Gasteiger partial charge in [-0.05, 0) is 23.6 Å². The second-order valence-electron chi connectivity index (χ2n) is 5.03. The minimum atomic E-state index is -3.45. The molecule has 0 atom stereocenters. The van der Waals surface area contributed by atoms with Crippen LogP contribution in [0.4, 0.5) is 0 Å². The van der Waals surface area contributed by atoms with Gasteiger partial charge in [0.25, 0.3) is 5.16 Å². The van der Waals surface area contributed by atoms with Gasteiger partial charge in [-0.25, -0.2) is 13.4 Å². The molecular weight excluding hydrogens is 290 g/mol. The topological polar surface area (TPSA) is 84.9 Å². The molecule has 1 aromatic heterocycles. The first kappa shape index (κ1) is 14.1. The van der Waals surface area contributed by atoms with Gasteiger partial charge in [0.05, 0.1) is 12.4 Å². The lowest BCUT2D eigenvalue weighted by atomic mass is 10.1. The molecule has 0 radical (unpaired) electrons. The maximum Gasteiger partial charge on any atom is 0.266 e. The molecule has 1 aliphatic heterocycles. The molecular formula is C14H17N3O3S. The van der Waals surface area contributed by atoms with Crippen molar-refractivity contribution in [3.05, 3.63) is 35.2 Å². The summed E-state index contributed by atoms with van der Waals surface area (Å²) in [7, 11) is -3.45. The fourth-order valence-electron chi connectivity index (χ4n) is 2.31. The van der Waals surface area contributed by atoms with Crippen molar-refractivity contribution in [2.45, 2.75) is 31.3 Å². The number of rotatable bonds is 5. The lowest BCUT2D eigenvalue weighted by Gasteiger charge is -2.04. The van der Waals surface area contributed by atoms with Crippen molar-refractivity contribution in [3.8, 4) is 5.75 Å². The van der Waals surface area contributed by atoms with Gasteiger partial charge in [0, 0.05) is 12.8 Å². The Morgan fingerprint density at radius 3 is 3.00 bits per heavy atom. The van der Waals surface area contributed by atoms with Crippen molar-refractivity contribution < 1.29 is 13.2 Å². The molecule has 0 unspecified atom stereocenters. The van der Waals surface area contributed by atoms with E-state index in [9.17, 15) is 8.42 Å². The molecule has 0 spiro atoms. The standard InChI is InChI=1S/C14H17N3O3S/c1-2-13-15-14(17-16-13)21(18,19)8-6-10-3-4-12-11(9-10)5-7-20-12/h3-4,9H,2,5-8H2,1H3,(H,15,16,17). The highest BCUT2D eigenvalue weighted by atomic mass is 32.2. The molecule has 112 valence electrons. The summed E-state index contributed by atoms with van der Waals surface area (Å²) >= 11 is 0. The van der Waals surface area contributed by atoms with E-state index in [0.717, 1.165) is 23.3 Å². The van der Waals surface area contributed by atoms with E-state index in [-0.39, 0.29) is 10.9 Å². The molecule has 0 saturated carbocycles. The second kappa shape index (κ2) is 5.48. The molecule has 6 nitrogen and oxygen atoms in total. The summed E-state index contributed by atoms with van der Waals surface area (Å²) in [5.74, 6) is 1.50. The Bertz CT molecular complexity index is 753. The van der Waals surface area contributed by atoms with Crippen molar-refractivity contribution in [1.29, 1.82) is 0 Å². The zero-order valence-corrected chi connectivity index (χ0v) is 12.6. The molecule has 1 aromatic carbocycles. The molecule has 3 rings (SSSR count). The maximum atomic E-state index is 12.2. The van der Waals surface area contributed by atoms with Crippen molar-refractivity contribution in [1.82, 2.24) is 15.2 Å². The summed E-state index contributed by atoms with van der Waals surface area (Å²) in [4.78, 5) is 4.00. The number of nitrogens with one attached hydrogen (secondary N) is 1. The van der Waals surface area contributed by atoms with E-state index in [1.807, 2.05) is 25.1 Å². The molecule has 21 heavy (non-hydrogen) atoms. The number of aromatic nitrogens is 3. The Morgan fingerprint density at radius 2 is 2.24 bits per heavy atom. The second-order valence-corrected chi connectivity index (χ2v) is 7.03. The molecule has 7 heteroatoms. The molecule has 1 aliphatic rings. The molecule has 1 N–H and O–H groups in total. The number of aryl methyl sites for hydroxylation is 2. The predicted molar refractivity (Wildman–Crippen MR) is 77.2 cm³/mol. The van der Waals surface area contributed by atoms with Crippen LogP contribution in [0.1, 0.15) is 23.9 Å². The van der Waals surface area contributed by atoms with Gasteiger partial charge in [-0.2, -0.15) is 0 Å². The summed E-state index contributed by atoms with van der Waals surface area (Å²) < 4.78 is 29.8. The highest BCUT2D eigenvalue weighted by Gasteiger charge is 2.20. The van der Waals surface area contributed by atoms with Crippen LogP contribution in [0.15, 0.2) is 23.4 Å². The number of benzene rings is 1. The highest BCUT2D eigenvalue weighted by molar-refractivity contribution is 7.91. The zero-order valence-electron chi connectivity index (χ0n) is 11.8. The first-order valence-electron chi connectivity index (χ1n) is 6.97. The zero-order chi connectivity index (χ0) is 14.9. The largest absolute Gasteiger partial charge is 0.493 e. The van der Waals surface area contributed by atoms with Crippen LogP contribution in [-0.4, -0.2) is 36.0 Å². The van der Waals surface area contributed by atoms with Crippen LogP contribution in [0.3, 0.4) is 0 Å². The minimum Gasteiger partial charge on any atom is -0.493 e. The number of H-pyrrole nitrogens is 1. The average Bonchev–Trinajstić information content (AvgIpc) is 3.13. The smallest absolute Gasteiger partial charge is 0.266 e. The van der Waals surface area contributed by atoms with E-state index in [0.29, 0.717) is 25.3 Å². The van der Waals surface area contributed by atoms with Gasteiger partial charge in [-0.15, -0.1) is 5.10 Å². The molecule has 2 aromatic rings. The van der Waals surface area contributed by atoms with Gasteiger partial charge in [-0.3, -0.25) is 5.10 Å². The van der Waals surface area contributed by atoms with Crippen molar-refractivity contribution in [2.75, 3.05) is 12.4 Å². The third kappa shape index (κ3) is 2.92. The van der Waals surface area contributed by atoms with Crippen LogP contribution in [0.5, 0.6) is 5.75 Å². The number of ether oxygens (including phenoxy) is 1. The first-order valence-corrected chi connectivity index (χ1v) is 8.62. The summed E-state index contributed by atoms with van der Waals surface area (Å²) in [6, 6.07) is 5.84.